The van der Waals surface area contributed by atoms with E-state index < -0.39 is 11.7 Å². The molecule has 1 heterocycles. The van der Waals surface area contributed by atoms with Crippen molar-refractivity contribution in [1.29, 1.82) is 0 Å². The molecule has 0 unspecified atom stereocenters. The summed E-state index contributed by atoms with van der Waals surface area (Å²) in [6.07, 6.45) is 2.02. The van der Waals surface area contributed by atoms with E-state index in [1.165, 1.54) is 4.90 Å². The van der Waals surface area contributed by atoms with Crippen molar-refractivity contribution in [3.8, 4) is 0 Å². The van der Waals surface area contributed by atoms with Crippen LogP contribution in [0.25, 0.3) is 0 Å². The van der Waals surface area contributed by atoms with Crippen LogP contribution in [0.15, 0.2) is 0 Å². The molecule has 7 heteroatoms. The lowest BCUT2D eigenvalue weighted by molar-refractivity contribution is -0.151. The van der Waals surface area contributed by atoms with Gasteiger partial charge >= 0.3 is 12.1 Å². The third kappa shape index (κ3) is 9.35. The fourth-order valence-corrected chi connectivity index (χ4v) is 3.92. The van der Waals surface area contributed by atoms with Crippen molar-refractivity contribution in [3.63, 3.8) is 0 Å². The van der Waals surface area contributed by atoms with E-state index in [1.807, 2.05) is 20.8 Å². The van der Waals surface area contributed by atoms with Gasteiger partial charge in [0.1, 0.15) is 5.60 Å². The molecule has 0 aromatic heterocycles. The summed E-state index contributed by atoms with van der Waals surface area (Å²) < 4.78 is 5.33. The zero-order chi connectivity index (χ0) is 19.0. The number of esters is 1. The highest BCUT2D eigenvalue weighted by Gasteiger charge is 2.28. The number of amides is 1. The van der Waals surface area contributed by atoms with Gasteiger partial charge in [0.25, 0.3) is 0 Å². The minimum atomic E-state index is -0.830. The quantitative estimate of drug-likeness (QED) is 0.603. The van der Waals surface area contributed by atoms with E-state index in [9.17, 15) is 14.7 Å². The predicted molar refractivity (Wildman–Crippen MR) is 102 cm³/mol. The molecule has 0 aromatic rings. The Bertz CT molecular complexity index is 437. The fraction of sp³-hybridized carbons (Fsp3) is 0.889. The van der Waals surface area contributed by atoms with Crippen molar-refractivity contribution in [1.82, 2.24) is 10.2 Å². The van der Waals surface area contributed by atoms with Crippen LogP contribution in [0.2, 0.25) is 0 Å². The molecular weight excluding hydrogens is 340 g/mol. The fourth-order valence-electron chi connectivity index (χ4n) is 3.04. The van der Waals surface area contributed by atoms with Gasteiger partial charge in [-0.3, -0.25) is 4.79 Å². The van der Waals surface area contributed by atoms with Gasteiger partial charge in [-0.05, 0) is 46.0 Å². The Morgan fingerprint density at radius 3 is 2.60 bits per heavy atom. The largest absolute Gasteiger partial charge is 0.465 e. The van der Waals surface area contributed by atoms with E-state index in [2.05, 4.69) is 19.2 Å². The first-order valence-electron chi connectivity index (χ1n) is 9.11. The highest BCUT2D eigenvalue weighted by molar-refractivity contribution is 7.99. The van der Waals surface area contributed by atoms with Gasteiger partial charge in [-0.1, -0.05) is 13.8 Å². The molecule has 1 amide bonds. The Labute approximate surface area is 156 Å². The van der Waals surface area contributed by atoms with Crippen LogP contribution in [-0.2, 0) is 9.53 Å². The molecule has 0 saturated carbocycles. The van der Waals surface area contributed by atoms with Crippen LogP contribution in [0, 0.1) is 5.92 Å². The number of ether oxygens (including phenoxy) is 1. The average Bonchev–Trinajstić information content (AvgIpc) is 2.90. The van der Waals surface area contributed by atoms with Gasteiger partial charge in [0.2, 0.25) is 0 Å². The molecule has 25 heavy (non-hydrogen) atoms. The van der Waals surface area contributed by atoms with Gasteiger partial charge in [-0.2, -0.15) is 0 Å². The SMILES string of the molecule is CC(C)C[C@@H](CSCC(=O)OC(C)(C)C)NC[C@H]1CCCN1C(=O)O. The van der Waals surface area contributed by atoms with Crippen molar-refractivity contribution in [3.05, 3.63) is 0 Å². The summed E-state index contributed by atoms with van der Waals surface area (Å²) >= 11 is 1.57. The molecule has 2 N–H and O–H groups in total. The molecular formula is C18H34N2O4S. The number of nitrogens with zero attached hydrogens (tertiary/aromatic N) is 1. The first-order valence-corrected chi connectivity index (χ1v) is 10.3. The number of nitrogens with one attached hydrogen (secondary N) is 1. The summed E-state index contributed by atoms with van der Waals surface area (Å²) in [6.45, 7) is 11.3. The number of rotatable bonds is 9. The second kappa shape index (κ2) is 10.3. The van der Waals surface area contributed by atoms with Gasteiger partial charge in [0, 0.05) is 30.9 Å². The second-order valence-corrected chi connectivity index (χ2v) is 9.14. The second-order valence-electron chi connectivity index (χ2n) is 8.11. The van der Waals surface area contributed by atoms with Crippen molar-refractivity contribution in [2.75, 3.05) is 24.6 Å². The van der Waals surface area contributed by atoms with Crippen LogP contribution >= 0.6 is 11.8 Å². The monoisotopic (exact) mass is 374 g/mol. The van der Waals surface area contributed by atoms with Crippen LogP contribution in [0.4, 0.5) is 4.79 Å². The summed E-state index contributed by atoms with van der Waals surface area (Å²) in [4.78, 5) is 24.6. The summed E-state index contributed by atoms with van der Waals surface area (Å²) in [5.74, 6) is 1.52. The highest BCUT2D eigenvalue weighted by Crippen LogP contribution is 2.18. The van der Waals surface area contributed by atoms with Crippen molar-refractivity contribution >= 4 is 23.8 Å². The maximum absolute atomic E-state index is 11.8. The minimum Gasteiger partial charge on any atom is -0.465 e. The lowest BCUT2D eigenvalue weighted by Crippen LogP contribution is -2.45. The van der Waals surface area contributed by atoms with Crippen LogP contribution < -0.4 is 5.32 Å². The van der Waals surface area contributed by atoms with E-state index in [-0.39, 0.29) is 18.1 Å². The molecule has 2 atom stereocenters. The third-order valence-electron chi connectivity index (χ3n) is 3.98. The number of carboxylic acid groups (broad SMARTS) is 1. The molecule has 0 radical (unpaired) electrons. The normalized spacial score (nSPS) is 19.3. The maximum Gasteiger partial charge on any atom is 0.407 e. The van der Waals surface area contributed by atoms with E-state index in [0.29, 0.717) is 24.8 Å². The minimum absolute atomic E-state index is 0.0584. The van der Waals surface area contributed by atoms with Crippen molar-refractivity contribution < 1.29 is 19.4 Å². The molecule has 1 rings (SSSR count). The van der Waals surface area contributed by atoms with Crippen LogP contribution in [0.3, 0.4) is 0 Å². The molecule has 1 aliphatic heterocycles. The summed E-state index contributed by atoms with van der Waals surface area (Å²) in [6, 6.07) is 0.326. The third-order valence-corrected chi connectivity index (χ3v) is 5.06. The van der Waals surface area contributed by atoms with Gasteiger partial charge in [0.05, 0.1) is 5.75 Å². The molecule has 1 fully saturated rings. The lowest BCUT2D eigenvalue weighted by atomic mass is 10.0. The molecule has 0 bridgehead atoms. The van der Waals surface area contributed by atoms with Crippen molar-refractivity contribution in [2.24, 2.45) is 5.92 Å². The zero-order valence-corrected chi connectivity index (χ0v) is 17.0. The molecule has 1 saturated heterocycles. The number of thioether (sulfide) groups is 1. The smallest absolute Gasteiger partial charge is 0.407 e. The van der Waals surface area contributed by atoms with Crippen molar-refractivity contribution in [2.45, 2.75) is 71.6 Å². The average molecular weight is 375 g/mol. The van der Waals surface area contributed by atoms with E-state index in [1.54, 1.807) is 11.8 Å². The zero-order valence-electron chi connectivity index (χ0n) is 16.2. The lowest BCUT2D eigenvalue weighted by Gasteiger charge is -2.26. The molecule has 0 aliphatic carbocycles. The van der Waals surface area contributed by atoms with Gasteiger partial charge in [0.15, 0.2) is 0 Å². The number of likely N-dealkylation sites (tertiary alicyclic amines) is 1. The number of carbonyl (C=O) groups excluding carboxylic acids is 1. The number of hydrogen-bond donors (Lipinski definition) is 2. The van der Waals surface area contributed by atoms with E-state index in [4.69, 9.17) is 4.74 Å². The Kier molecular flexibility index (Phi) is 9.07. The number of hydrogen-bond acceptors (Lipinski definition) is 5. The van der Waals surface area contributed by atoms with E-state index >= 15 is 0 Å². The van der Waals surface area contributed by atoms with Gasteiger partial charge in [-0.15, -0.1) is 11.8 Å². The topological polar surface area (TPSA) is 78.9 Å². The summed E-state index contributed by atoms with van der Waals surface area (Å²) in [5.41, 5.74) is -0.448. The van der Waals surface area contributed by atoms with Crippen LogP contribution in [0.5, 0.6) is 0 Å². The highest BCUT2D eigenvalue weighted by atomic mass is 32.2. The van der Waals surface area contributed by atoms with Gasteiger partial charge < -0.3 is 20.1 Å². The molecule has 146 valence electrons. The standard InChI is InChI=1S/C18H34N2O4S/c1-13(2)9-14(11-25-12-16(21)24-18(3,4)5)19-10-15-7-6-8-20(15)17(22)23/h13-15,19H,6-12H2,1-5H3,(H,22,23)/t14-,15+/m0/s1. The van der Waals surface area contributed by atoms with Crippen LogP contribution in [0.1, 0.15) is 53.9 Å². The summed E-state index contributed by atoms with van der Waals surface area (Å²) in [7, 11) is 0. The Hall–Kier alpha value is -0.950. The Balaban J connectivity index is 2.41. The molecule has 0 aromatic carbocycles. The molecule has 6 nitrogen and oxygen atoms in total. The first-order chi connectivity index (χ1) is 11.6. The summed E-state index contributed by atoms with van der Waals surface area (Å²) in [5, 5.41) is 12.8. The van der Waals surface area contributed by atoms with Crippen LogP contribution in [-0.4, -0.2) is 64.3 Å². The van der Waals surface area contributed by atoms with Gasteiger partial charge in [-0.25, -0.2) is 4.79 Å². The molecule has 0 spiro atoms. The molecule has 1 aliphatic rings. The Morgan fingerprint density at radius 2 is 2.04 bits per heavy atom. The van der Waals surface area contributed by atoms with E-state index in [0.717, 1.165) is 25.0 Å². The predicted octanol–water partition coefficient (Wildman–Crippen LogP) is 3.21. The Morgan fingerprint density at radius 1 is 1.36 bits per heavy atom. The maximum atomic E-state index is 11.8. The number of carbonyl (C=O) groups is 2. The first kappa shape index (κ1) is 22.1.